The Morgan fingerprint density at radius 2 is 2.09 bits per heavy atom. The number of fused-ring (bicyclic) bond motifs is 2. The van der Waals surface area contributed by atoms with Crippen molar-refractivity contribution in [2.24, 2.45) is 0 Å². The van der Waals surface area contributed by atoms with E-state index in [0.29, 0.717) is 11.5 Å². The minimum absolute atomic E-state index is 0.575. The Kier molecular flexibility index (Phi) is 3.66. The van der Waals surface area contributed by atoms with Crippen LogP contribution in [-0.4, -0.2) is 33.3 Å². The Morgan fingerprint density at radius 1 is 1.17 bits per heavy atom. The zero-order chi connectivity index (χ0) is 15.8. The third-order valence-electron chi connectivity index (χ3n) is 3.56. The van der Waals surface area contributed by atoms with Crippen molar-refractivity contribution in [1.82, 2.24) is 19.9 Å². The molecule has 5 nitrogen and oxygen atoms in total. The van der Waals surface area contributed by atoms with Crippen molar-refractivity contribution in [1.29, 1.82) is 0 Å². The van der Waals surface area contributed by atoms with Crippen LogP contribution in [0.5, 0.6) is 5.88 Å². The van der Waals surface area contributed by atoms with Crippen LogP contribution in [0.1, 0.15) is 11.4 Å². The number of hydrogen-bond donors (Lipinski definition) is 1. The highest BCUT2D eigenvalue weighted by Crippen LogP contribution is 2.29. The first-order valence-corrected chi connectivity index (χ1v) is 9.12. The second-order valence-electron chi connectivity index (χ2n) is 5.07. The monoisotopic (exact) mass is 342 g/mol. The smallest absolute Gasteiger partial charge is 0.215 e. The SMILES string of the molecule is COc1ccc2[nH]c(Cc3ccc4nc(SC)sc4c3)nc2n1. The highest BCUT2D eigenvalue weighted by molar-refractivity contribution is 8.00. The van der Waals surface area contributed by atoms with Crippen molar-refractivity contribution < 1.29 is 4.74 Å². The third-order valence-corrected chi connectivity index (χ3v) is 5.56. The van der Waals surface area contributed by atoms with Crippen LogP contribution in [0.4, 0.5) is 0 Å². The lowest BCUT2D eigenvalue weighted by atomic mass is 10.1. The summed E-state index contributed by atoms with van der Waals surface area (Å²) in [5.74, 6) is 1.47. The Labute approximate surface area is 141 Å². The molecule has 1 aromatic carbocycles. The molecule has 0 atom stereocenters. The van der Waals surface area contributed by atoms with Crippen molar-refractivity contribution in [3.05, 3.63) is 41.7 Å². The molecule has 0 unspecified atom stereocenters. The Bertz CT molecular complexity index is 990. The maximum Gasteiger partial charge on any atom is 0.215 e. The van der Waals surface area contributed by atoms with Crippen LogP contribution in [-0.2, 0) is 6.42 Å². The van der Waals surface area contributed by atoms with Crippen LogP contribution in [0.3, 0.4) is 0 Å². The fourth-order valence-electron chi connectivity index (χ4n) is 2.46. The minimum Gasteiger partial charge on any atom is -0.481 e. The molecule has 116 valence electrons. The maximum atomic E-state index is 5.14. The van der Waals surface area contributed by atoms with Crippen LogP contribution in [0.2, 0.25) is 0 Å². The molecule has 3 aromatic heterocycles. The molecule has 0 amide bonds. The molecule has 0 saturated heterocycles. The van der Waals surface area contributed by atoms with Gasteiger partial charge in [-0.1, -0.05) is 17.8 Å². The summed E-state index contributed by atoms with van der Waals surface area (Å²) in [6.45, 7) is 0. The number of thiazole rings is 1. The number of aromatic amines is 1. The number of thioether (sulfide) groups is 1. The molecule has 7 heteroatoms. The van der Waals surface area contributed by atoms with Crippen molar-refractivity contribution >= 4 is 44.5 Å². The number of nitrogens with one attached hydrogen (secondary N) is 1. The summed E-state index contributed by atoms with van der Waals surface area (Å²) in [6, 6.07) is 10.1. The first kappa shape index (κ1) is 14.5. The van der Waals surface area contributed by atoms with Gasteiger partial charge >= 0.3 is 0 Å². The summed E-state index contributed by atoms with van der Waals surface area (Å²) in [4.78, 5) is 16.8. The Balaban J connectivity index is 1.66. The van der Waals surface area contributed by atoms with Gasteiger partial charge in [-0.2, -0.15) is 4.98 Å². The average molecular weight is 342 g/mol. The standard InChI is InChI=1S/C16H14N4OS2/c1-21-14-6-5-11-15(20-14)19-13(17-11)8-9-3-4-10-12(7-9)23-16(18-10)22-2/h3-7H,8H2,1-2H3,(H,17,19,20). The van der Waals surface area contributed by atoms with Gasteiger partial charge in [-0.15, -0.1) is 11.3 Å². The van der Waals surface area contributed by atoms with Crippen molar-refractivity contribution in [3.63, 3.8) is 0 Å². The van der Waals surface area contributed by atoms with Crippen LogP contribution >= 0.6 is 23.1 Å². The molecule has 1 N–H and O–H groups in total. The molecule has 0 radical (unpaired) electrons. The second-order valence-corrected chi connectivity index (χ2v) is 7.16. The molecule has 0 aliphatic rings. The minimum atomic E-state index is 0.575. The second kappa shape index (κ2) is 5.82. The van der Waals surface area contributed by atoms with Crippen molar-refractivity contribution in [3.8, 4) is 5.88 Å². The molecule has 0 bridgehead atoms. The fraction of sp³-hybridized carbons (Fsp3) is 0.188. The van der Waals surface area contributed by atoms with E-state index in [2.05, 4.69) is 38.1 Å². The van der Waals surface area contributed by atoms with Crippen LogP contribution in [0.15, 0.2) is 34.7 Å². The first-order chi connectivity index (χ1) is 11.2. The van der Waals surface area contributed by atoms with E-state index in [1.54, 1.807) is 30.2 Å². The van der Waals surface area contributed by atoms with Crippen LogP contribution < -0.4 is 4.74 Å². The zero-order valence-corrected chi connectivity index (χ0v) is 14.3. The van der Waals surface area contributed by atoms with E-state index in [-0.39, 0.29) is 0 Å². The van der Waals surface area contributed by atoms with Gasteiger partial charge in [-0.3, -0.25) is 0 Å². The molecule has 0 spiro atoms. The number of H-pyrrole nitrogens is 1. The van der Waals surface area contributed by atoms with Gasteiger partial charge in [0.1, 0.15) is 5.82 Å². The summed E-state index contributed by atoms with van der Waals surface area (Å²) in [5, 5.41) is 0. The van der Waals surface area contributed by atoms with Crippen molar-refractivity contribution in [2.45, 2.75) is 10.8 Å². The van der Waals surface area contributed by atoms with E-state index < -0.39 is 0 Å². The van der Waals surface area contributed by atoms with Gasteiger partial charge in [0.05, 0.1) is 22.8 Å². The van der Waals surface area contributed by atoms with E-state index in [4.69, 9.17) is 4.74 Å². The third kappa shape index (κ3) is 2.77. The number of methoxy groups -OCH3 is 1. The maximum absolute atomic E-state index is 5.14. The van der Waals surface area contributed by atoms with E-state index >= 15 is 0 Å². The quantitative estimate of drug-likeness (QED) is 0.570. The lowest BCUT2D eigenvalue weighted by Gasteiger charge is -1.97. The van der Waals surface area contributed by atoms with Gasteiger partial charge in [0.2, 0.25) is 5.88 Å². The van der Waals surface area contributed by atoms with Gasteiger partial charge in [-0.25, -0.2) is 9.97 Å². The van der Waals surface area contributed by atoms with E-state index in [9.17, 15) is 0 Å². The topological polar surface area (TPSA) is 63.7 Å². The molecule has 3 heterocycles. The molecule has 0 aliphatic carbocycles. The largest absolute Gasteiger partial charge is 0.481 e. The van der Waals surface area contributed by atoms with Gasteiger partial charge in [0.15, 0.2) is 9.99 Å². The summed E-state index contributed by atoms with van der Waals surface area (Å²) >= 11 is 3.40. The fourth-order valence-corrected chi connectivity index (χ4v) is 4.01. The van der Waals surface area contributed by atoms with E-state index in [1.807, 2.05) is 18.4 Å². The number of imidazole rings is 1. The van der Waals surface area contributed by atoms with Crippen LogP contribution in [0, 0.1) is 0 Å². The number of pyridine rings is 1. The summed E-state index contributed by atoms with van der Waals surface area (Å²) < 4.78 is 7.44. The highest BCUT2D eigenvalue weighted by Gasteiger charge is 2.08. The molecule has 23 heavy (non-hydrogen) atoms. The van der Waals surface area contributed by atoms with E-state index in [1.165, 1.54) is 10.3 Å². The Hall–Kier alpha value is -2.12. The molecule has 4 aromatic rings. The van der Waals surface area contributed by atoms with Crippen molar-refractivity contribution in [2.75, 3.05) is 13.4 Å². The van der Waals surface area contributed by atoms with Gasteiger partial charge in [0, 0.05) is 12.5 Å². The number of aromatic nitrogens is 4. The Morgan fingerprint density at radius 3 is 2.91 bits per heavy atom. The normalized spacial score (nSPS) is 11.4. The first-order valence-electron chi connectivity index (χ1n) is 7.08. The molecule has 4 rings (SSSR count). The lowest BCUT2D eigenvalue weighted by molar-refractivity contribution is 0.399. The average Bonchev–Trinajstić information content (AvgIpc) is 3.16. The number of benzene rings is 1. The number of nitrogens with zero attached hydrogens (tertiary/aromatic N) is 3. The molecule has 0 aliphatic heterocycles. The van der Waals surface area contributed by atoms with Gasteiger partial charge in [0.25, 0.3) is 0 Å². The summed E-state index contributed by atoms with van der Waals surface area (Å²) in [6.07, 6.45) is 2.79. The molecule has 0 fully saturated rings. The highest BCUT2D eigenvalue weighted by atomic mass is 32.2. The van der Waals surface area contributed by atoms with E-state index in [0.717, 1.165) is 27.6 Å². The molecular formula is C16H14N4OS2. The summed E-state index contributed by atoms with van der Waals surface area (Å²) in [5.41, 5.74) is 3.87. The van der Waals surface area contributed by atoms with Gasteiger partial charge in [-0.05, 0) is 30.0 Å². The number of ether oxygens (including phenoxy) is 1. The summed E-state index contributed by atoms with van der Waals surface area (Å²) in [7, 11) is 1.61. The predicted molar refractivity (Wildman–Crippen MR) is 94.6 cm³/mol. The molecular weight excluding hydrogens is 328 g/mol. The molecule has 0 saturated carbocycles. The zero-order valence-electron chi connectivity index (χ0n) is 12.7. The number of rotatable bonds is 4. The van der Waals surface area contributed by atoms with Gasteiger partial charge < -0.3 is 9.72 Å². The van der Waals surface area contributed by atoms with Crippen LogP contribution in [0.25, 0.3) is 21.4 Å². The lowest BCUT2D eigenvalue weighted by Crippen LogP contribution is -1.90. The predicted octanol–water partition coefficient (Wildman–Crippen LogP) is 3.89. The number of hydrogen-bond acceptors (Lipinski definition) is 6.